The fourth-order valence-electron chi connectivity index (χ4n) is 3.93. The van der Waals surface area contributed by atoms with E-state index >= 15 is 0 Å². The lowest BCUT2D eigenvalue weighted by Gasteiger charge is -2.28. The first-order valence-corrected chi connectivity index (χ1v) is 11.7. The normalized spacial score (nSPS) is 29.1. The zero-order valence-corrected chi connectivity index (χ0v) is 19.7. The van der Waals surface area contributed by atoms with E-state index in [1.807, 2.05) is 27.7 Å². The molecule has 1 aliphatic heterocycles. The van der Waals surface area contributed by atoms with Crippen LogP contribution < -0.4 is 5.32 Å². The van der Waals surface area contributed by atoms with Crippen molar-refractivity contribution >= 4 is 23.4 Å². The summed E-state index contributed by atoms with van der Waals surface area (Å²) in [5.41, 5.74) is 0. The lowest BCUT2D eigenvalue weighted by Crippen LogP contribution is -2.43. The highest BCUT2D eigenvalue weighted by atomic mass is 16.5. The molecule has 172 valence electrons. The largest absolute Gasteiger partial charge is 0.461 e. The number of ether oxygens (including phenoxy) is 1. The molecule has 0 bridgehead atoms. The highest BCUT2D eigenvalue weighted by Gasteiger charge is 2.35. The molecule has 0 aromatic heterocycles. The lowest BCUT2D eigenvalue weighted by atomic mass is 9.83. The van der Waals surface area contributed by atoms with Crippen LogP contribution in [0.1, 0.15) is 92.9 Å². The number of carbonyl (C=O) groups is 4. The van der Waals surface area contributed by atoms with E-state index < -0.39 is 30.0 Å². The zero-order chi connectivity index (χ0) is 22.8. The first-order chi connectivity index (χ1) is 14.1. The molecule has 1 saturated heterocycles. The van der Waals surface area contributed by atoms with Crippen molar-refractivity contribution in [2.24, 2.45) is 23.7 Å². The van der Waals surface area contributed by atoms with Crippen LogP contribution in [0.3, 0.4) is 0 Å². The number of rotatable bonds is 7. The molecule has 6 heteroatoms. The van der Waals surface area contributed by atoms with E-state index in [0.29, 0.717) is 6.42 Å². The first kappa shape index (κ1) is 26.3. The van der Waals surface area contributed by atoms with E-state index in [0.717, 1.165) is 25.7 Å². The maximum atomic E-state index is 13.1. The minimum absolute atomic E-state index is 0.0155. The molecule has 1 N–H and O–H groups in total. The Hall–Kier alpha value is -1.72. The molecule has 6 atom stereocenters. The number of hydrogen-bond acceptors (Lipinski definition) is 5. The number of Topliss-reactive ketones (excluding diaryl/α,β-unsaturated/α-hetero) is 2. The van der Waals surface area contributed by atoms with Crippen molar-refractivity contribution < 1.29 is 23.9 Å². The molecule has 1 heterocycles. The summed E-state index contributed by atoms with van der Waals surface area (Å²) < 4.78 is 5.87. The second kappa shape index (κ2) is 12.9. The number of ketones is 2. The van der Waals surface area contributed by atoms with Gasteiger partial charge in [-0.2, -0.15) is 0 Å². The number of hydrogen-bond donors (Lipinski definition) is 1. The second-order valence-electron chi connectivity index (χ2n) is 9.06. The molecule has 1 rings (SSSR count). The number of nitrogens with one attached hydrogen (secondary N) is 1. The van der Waals surface area contributed by atoms with E-state index in [9.17, 15) is 19.2 Å². The summed E-state index contributed by atoms with van der Waals surface area (Å²) in [6, 6.07) is -0.610. The Morgan fingerprint density at radius 1 is 0.967 bits per heavy atom. The number of unbranched alkanes of at least 4 members (excludes halogenated alkanes) is 1. The summed E-state index contributed by atoms with van der Waals surface area (Å²) in [6.45, 7) is 11.6. The molecule has 0 radical (unpaired) electrons. The predicted molar refractivity (Wildman–Crippen MR) is 117 cm³/mol. The highest BCUT2D eigenvalue weighted by Crippen LogP contribution is 2.27. The first-order valence-electron chi connectivity index (χ1n) is 11.7. The third-order valence-corrected chi connectivity index (χ3v) is 6.55. The Morgan fingerprint density at radius 3 is 2.20 bits per heavy atom. The maximum absolute atomic E-state index is 13.1. The Labute approximate surface area is 181 Å². The Balaban J connectivity index is 3.23. The van der Waals surface area contributed by atoms with Crippen LogP contribution in [0.5, 0.6) is 0 Å². The molecule has 1 amide bonds. The topological polar surface area (TPSA) is 89.5 Å². The van der Waals surface area contributed by atoms with Gasteiger partial charge in [-0.05, 0) is 24.7 Å². The minimum Gasteiger partial charge on any atom is -0.461 e. The number of cyclic esters (lactones) is 1. The molecular formula is C24H41NO5. The summed E-state index contributed by atoms with van der Waals surface area (Å²) in [7, 11) is 0. The van der Waals surface area contributed by atoms with Crippen molar-refractivity contribution in [3.63, 3.8) is 0 Å². The third-order valence-electron chi connectivity index (χ3n) is 6.55. The summed E-state index contributed by atoms with van der Waals surface area (Å²) >= 11 is 0. The Kier molecular flexibility index (Phi) is 11.3. The van der Waals surface area contributed by atoms with Crippen molar-refractivity contribution in [2.75, 3.05) is 0 Å². The van der Waals surface area contributed by atoms with Gasteiger partial charge in [-0.1, -0.05) is 60.8 Å². The molecule has 0 aromatic rings. The van der Waals surface area contributed by atoms with E-state index in [-0.39, 0.29) is 48.6 Å². The van der Waals surface area contributed by atoms with Crippen LogP contribution in [0.4, 0.5) is 0 Å². The average Bonchev–Trinajstić information content (AvgIpc) is 2.72. The quantitative estimate of drug-likeness (QED) is 0.619. The van der Waals surface area contributed by atoms with Crippen LogP contribution in [0.25, 0.3) is 0 Å². The summed E-state index contributed by atoms with van der Waals surface area (Å²) in [4.78, 5) is 51.2. The third kappa shape index (κ3) is 7.84. The van der Waals surface area contributed by atoms with Gasteiger partial charge in [0, 0.05) is 18.8 Å². The van der Waals surface area contributed by atoms with Crippen molar-refractivity contribution in [1.29, 1.82) is 0 Å². The second-order valence-corrected chi connectivity index (χ2v) is 9.06. The van der Waals surface area contributed by atoms with Crippen LogP contribution >= 0.6 is 0 Å². The van der Waals surface area contributed by atoms with Gasteiger partial charge in [-0.3, -0.25) is 19.2 Å². The Bertz CT molecular complexity index is 602. The molecule has 0 aliphatic carbocycles. The van der Waals surface area contributed by atoms with Gasteiger partial charge in [0.05, 0.1) is 18.4 Å². The smallest absolute Gasteiger partial charge is 0.309 e. The van der Waals surface area contributed by atoms with Crippen molar-refractivity contribution in [2.45, 2.75) is 105 Å². The van der Waals surface area contributed by atoms with E-state index in [4.69, 9.17) is 4.74 Å². The molecule has 1 aliphatic rings. The van der Waals surface area contributed by atoms with Crippen LogP contribution in [0.2, 0.25) is 0 Å². The average molecular weight is 424 g/mol. The standard InChI is InChI=1S/C24H41NO5/c1-7-10-11-16(5)22-14-23(28)25-19(9-3)21(27)12-17(6)20(26)13-18(15(4)8-2)24(29)30-22/h15-19,22H,7-14H2,1-6H3,(H,25,28)/t15-,16-,17+,18+,19-,22-/m0/s1. The van der Waals surface area contributed by atoms with Crippen LogP contribution in [-0.2, 0) is 23.9 Å². The van der Waals surface area contributed by atoms with Gasteiger partial charge in [0.1, 0.15) is 11.9 Å². The highest BCUT2D eigenvalue weighted by molar-refractivity contribution is 5.94. The molecule has 0 saturated carbocycles. The SMILES string of the molecule is CCCC[C@H](C)[C@@H]1CC(=O)N[C@@H](CC)C(=O)C[C@@H](C)C(=O)C[C@H]([C@@H](C)CC)C(=O)O1. The van der Waals surface area contributed by atoms with Crippen LogP contribution in [-0.4, -0.2) is 35.6 Å². The maximum Gasteiger partial charge on any atom is 0.309 e. The minimum atomic E-state index is -0.610. The van der Waals surface area contributed by atoms with Crippen molar-refractivity contribution in [3.05, 3.63) is 0 Å². The molecule has 30 heavy (non-hydrogen) atoms. The van der Waals surface area contributed by atoms with Gasteiger partial charge in [0.15, 0.2) is 5.78 Å². The monoisotopic (exact) mass is 423 g/mol. The molecule has 1 fully saturated rings. The molecular weight excluding hydrogens is 382 g/mol. The van der Waals surface area contributed by atoms with Gasteiger partial charge in [0.2, 0.25) is 5.91 Å². The van der Waals surface area contributed by atoms with Crippen molar-refractivity contribution in [3.8, 4) is 0 Å². The van der Waals surface area contributed by atoms with Crippen LogP contribution in [0, 0.1) is 23.7 Å². The summed E-state index contributed by atoms with van der Waals surface area (Å²) in [5, 5.41) is 2.80. The number of esters is 1. The molecule has 0 aromatic carbocycles. The van der Waals surface area contributed by atoms with Gasteiger partial charge < -0.3 is 10.1 Å². The molecule has 0 spiro atoms. The van der Waals surface area contributed by atoms with Crippen molar-refractivity contribution in [1.82, 2.24) is 5.32 Å². The van der Waals surface area contributed by atoms with Gasteiger partial charge >= 0.3 is 5.97 Å². The number of amides is 1. The zero-order valence-electron chi connectivity index (χ0n) is 19.7. The number of carbonyl (C=O) groups excluding carboxylic acids is 4. The Morgan fingerprint density at radius 2 is 1.63 bits per heavy atom. The van der Waals surface area contributed by atoms with Crippen LogP contribution in [0.15, 0.2) is 0 Å². The van der Waals surface area contributed by atoms with Gasteiger partial charge in [-0.15, -0.1) is 0 Å². The van der Waals surface area contributed by atoms with E-state index in [2.05, 4.69) is 12.2 Å². The predicted octanol–water partition coefficient (Wildman–Crippen LogP) is 4.24. The van der Waals surface area contributed by atoms with E-state index in [1.54, 1.807) is 6.92 Å². The molecule has 6 nitrogen and oxygen atoms in total. The summed E-state index contributed by atoms with van der Waals surface area (Å²) in [5.74, 6) is -1.94. The van der Waals surface area contributed by atoms with Gasteiger partial charge in [-0.25, -0.2) is 0 Å². The lowest BCUT2D eigenvalue weighted by molar-refractivity contribution is -0.161. The van der Waals surface area contributed by atoms with E-state index in [1.165, 1.54) is 0 Å². The van der Waals surface area contributed by atoms with Gasteiger partial charge in [0.25, 0.3) is 0 Å². The summed E-state index contributed by atoms with van der Waals surface area (Å²) in [6.07, 6.45) is 3.71. The molecule has 0 unspecified atom stereocenters. The fraction of sp³-hybridized carbons (Fsp3) is 0.833. The fourth-order valence-corrected chi connectivity index (χ4v) is 3.93.